The SMILES string of the molecule is [C-]#[N+]C1C(C#N)C(C)C(C=N)C1[N+]#[C-]. The first-order valence-corrected chi connectivity index (χ1v) is 4.34. The fourth-order valence-corrected chi connectivity index (χ4v) is 2.06. The van der Waals surface area contributed by atoms with Gasteiger partial charge in [-0.05, 0) is 5.92 Å². The molecule has 1 N–H and O–H groups in total. The average Bonchev–Trinajstić information content (AvgIpc) is 2.48. The summed E-state index contributed by atoms with van der Waals surface area (Å²) in [5, 5.41) is 16.1. The van der Waals surface area contributed by atoms with Gasteiger partial charge in [0.1, 0.15) is 5.92 Å². The standard InChI is InChI=1S/C10H10N4/c1-6-7(4-11)9(13-2)10(14-3)8(6)5-12/h4,6-11H,1H3. The lowest BCUT2D eigenvalue weighted by Gasteiger charge is -2.07. The summed E-state index contributed by atoms with van der Waals surface area (Å²) in [6.07, 6.45) is 1.21. The van der Waals surface area contributed by atoms with Crippen molar-refractivity contribution in [1.29, 1.82) is 10.7 Å². The third-order valence-corrected chi connectivity index (χ3v) is 2.93. The van der Waals surface area contributed by atoms with Crippen LogP contribution in [0.1, 0.15) is 6.92 Å². The summed E-state index contributed by atoms with van der Waals surface area (Å²) in [5.74, 6) is -0.704. The van der Waals surface area contributed by atoms with E-state index in [4.69, 9.17) is 23.8 Å². The second-order valence-electron chi connectivity index (χ2n) is 3.50. The Labute approximate surface area is 83.3 Å². The van der Waals surface area contributed by atoms with Gasteiger partial charge in [0.2, 0.25) is 0 Å². The van der Waals surface area contributed by atoms with E-state index in [1.165, 1.54) is 6.21 Å². The fraction of sp³-hybridized carbons (Fsp3) is 0.600. The summed E-state index contributed by atoms with van der Waals surface area (Å²) >= 11 is 0. The molecule has 14 heavy (non-hydrogen) atoms. The molecule has 0 bridgehead atoms. The molecule has 0 aromatic heterocycles. The zero-order valence-electron chi connectivity index (χ0n) is 7.81. The van der Waals surface area contributed by atoms with Gasteiger partial charge in [0.25, 0.3) is 0 Å². The van der Waals surface area contributed by atoms with Gasteiger partial charge in [-0.15, -0.1) is 0 Å². The van der Waals surface area contributed by atoms with Crippen molar-refractivity contribution < 1.29 is 0 Å². The van der Waals surface area contributed by atoms with Gasteiger partial charge in [0.15, 0.2) is 0 Å². The maximum absolute atomic E-state index is 8.89. The summed E-state index contributed by atoms with van der Waals surface area (Å²) in [4.78, 5) is 6.73. The summed E-state index contributed by atoms with van der Waals surface area (Å²) in [7, 11) is 0. The smallest absolute Gasteiger partial charge is 0.312 e. The summed E-state index contributed by atoms with van der Waals surface area (Å²) in [5.41, 5.74) is 0. The van der Waals surface area contributed by atoms with Crippen molar-refractivity contribution in [2.45, 2.75) is 19.0 Å². The Hall–Kier alpha value is -1.86. The van der Waals surface area contributed by atoms with Crippen LogP contribution in [0.4, 0.5) is 0 Å². The highest BCUT2D eigenvalue weighted by atomic mass is 14.9. The van der Waals surface area contributed by atoms with Gasteiger partial charge in [0.05, 0.1) is 12.0 Å². The summed E-state index contributed by atoms with van der Waals surface area (Å²) in [6, 6.07) is 1.02. The Bertz CT molecular complexity index is 354. The minimum absolute atomic E-state index is 0.0595. The number of hydrogen-bond acceptors (Lipinski definition) is 2. The monoisotopic (exact) mass is 186 g/mol. The van der Waals surface area contributed by atoms with E-state index in [1.807, 2.05) is 6.92 Å². The predicted octanol–water partition coefficient (Wildman–Crippen LogP) is 1.62. The lowest BCUT2D eigenvalue weighted by atomic mass is 9.92. The number of hydrogen-bond donors (Lipinski definition) is 1. The topological polar surface area (TPSA) is 56.4 Å². The molecule has 0 saturated heterocycles. The normalized spacial score (nSPS) is 40.6. The van der Waals surface area contributed by atoms with E-state index in [0.29, 0.717) is 0 Å². The second kappa shape index (κ2) is 3.90. The highest BCUT2D eigenvalue weighted by Gasteiger charge is 2.57. The Balaban J connectivity index is 3.09. The molecule has 1 fully saturated rings. The van der Waals surface area contributed by atoms with Crippen molar-refractivity contribution in [1.82, 2.24) is 0 Å². The van der Waals surface area contributed by atoms with Crippen molar-refractivity contribution >= 4 is 6.21 Å². The van der Waals surface area contributed by atoms with Gasteiger partial charge >= 0.3 is 12.1 Å². The first kappa shape index (κ1) is 10.2. The van der Waals surface area contributed by atoms with Crippen LogP contribution in [0.2, 0.25) is 0 Å². The fourth-order valence-electron chi connectivity index (χ4n) is 2.06. The molecule has 70 valence electrons. The Morgan fingerprint density at radius 1 is 1.36 bits per heavy atom. The molecule has 0 spiro atoms. The van der Waals surface area contributed by atoms with E-state index in [0.717, 1.165) is 0 Å². The average molecular weight is 186 g/mol. The van der Waals surface area contributed by atoms with Crippen LogP contribution < -0.4 is 0 Å². The molecular weight excluding hydrogens is 176 g/mol. The first-order valence-electron chi connectivity index (χ1n) is 4.34. The highest BCUT2D eigenvalue weighted by Crippen LogP contribution is 2.39. The van der Waals surface area contributed by atoms with Crippen LogP contribution in [0.15, 0.2) is 0 Å². The molecule has 1 aliphatic rings. The van der Waals surface area contributed by atoms with Crippen LogP contribution >= 0.6 is 0 Å². The van der Waals surface area contributed by atoms with Crippen LogP contribution in [-0.4, -0.2) is 18.3 Å². The number of nitrogens with zero attached hydrogens (tertiary/aromatic N) is 3. The molecule has 0 heterocycles. The largest absolute Gasteiger partial charge is 0.313 e. The molecule has 0 aromatic carbocycles. The maximum Gasteiger partial charge on any atom is 0.313 e. The lowest BCUT2D eigenvalue weighted by Crippen LogP contribution is -2.22. The van der Waals surface area contributed by atoms with E-state index < -0.39 is 18.0 Å². The number of rotatable bonds is 1. The molecule has 1 rings (SSSR count). The van der Waals surface area contributed by atoms with Crippen LogP contribution in [0.5, 0.6) is 0 Å². The van der Waals surface area contributed by atoms with Gasteiger partial charge < -0.3 is 15.1 Å². The van der Waals surface area contributed by atoms with Crippen LogP contribution in [0, 0.1) is 47.6 Å². The molecule has 0 aliphatic heterocycles. The third kappa shape index (κ3) is 1.24. The van der Waals surface area contributed by atoms with Crippen molar-refractivity contribution in [3.63, 3.8) is 0 Å². The van der Waals surface area contributed by atoms with E-state index in [9.17, 15) is 0 Å². The molecule has 1 aliphatic carbocycles. The van der Waals surface area contributed by atoms with Gasteiger partial charge in [0, 0.05) is 6.21 Å². The molecule has 1 saturated carbocycles. The summed E-state index contributed by atoms with van der Waals surface area (Å²) in [6.45, 7) is 15.8. The van der Waals surface area contributed by atoms with Crippen molar-refractivity contribution in [2.75, 3.05) is 0 Å². The molecule has 5 unspecified atom stereocenters. The van der Waals surface area contributed by atoms with Crippen LogP contribution in [0.3, 0.4) is 0 Å². The Kier molecular flexibility index (Phi) is 2.85. The molecule has 0 amide bonds. The van der Waals surface area contributed by atoms with Gasteiger partial charge in [-0.25, -0.2) is 13.1 Å². The molecule has 5 atom stereocenters. The van der Waals surface area contributed by atoms with E-state index in [1.54, 1.807) is 0 Å². The van der Waals surface area contributed by atoms with Gasteiger partial charge in [-0.1, -0.05) is 6.92 Å². The zero-order valence-corrected chi connectivity index (χ0v) is 7.81. The van der Waals surface area contributed by atoms with Crippen molar-refractivity contribution in [2.24, 2.45) is 17.8 Å². The highest BCUT2D eigenvalue weighted by molar-refractivity contribution is 5.61. The first-order chi connectivity index (χ1) is 6.71. The molecule has 4 heteroatoms. The molecular formula is C10H10N4. The van der Waals surface area contributed by atoms with Crippen molar-refractivity contribution in [3.8, 4) is 6.07 Å². The predicted molar refractivity (Wildman–Crippen MR) is 51.3 cm³/mol. The maximum atomic E-state index is 8.89. The van der Waals surface area contributed by atoms with Crippen LogP contribution in [-0.2, 0) is 0 Å². The van der Waals surface area contributed by atoms with Gasteiger partial charge in [-0.3, -0.25) is 0 Å². The van der Waals surface area contributed by atoms with Gasteiger partial charge in [-0.2, -0.15) is 5.26 Å². The number of nitriles is 1. The number of nitrogens with one attached hydrogen (secondary N) is 1. The molecule has 4 nitrogen and oxygen atoms in total. The Morgan fingerprint density at radius 3 is 2.29 bits per heavy atom. The van der Waals surface area contributed by atoms with Crippen molar-refractivity contribution in [3.05, 3.63) is 22.8 Å². The van der Waals surface area contributed by atoms with E-state index >= 15 is 0 Å². The minimum Gasteiger partial charge on any atom is -0.312 e. The Morgan fingerprint density at radius 2 is 1.93 bits per heavy atom. The van der Waals surface area contributed by atoms with Crippen LogP contribution in [0.25, 0.3) is 9.69 Å². The quantitative estimate of drug-likeness (QED) is 0.491. The van der Waals surface area contributed by atoms with E-state index in [-0.39, 0.29) is 11.8 Å². The lowest BCUT2D eigenvalue weighted by molar-refractivity contribution is 0.461. The second-order valence-corrected chi connectivity index (χ2v) is 3.50. The van der Waals surface area contributed by atoms with E-state index in [2.05, 4.69) is 15.8 Å². The third-order valence-electron chi connectivity index (χ3n) is 2.93. The molecule has 0 aromatic rings. The molecule has 0 radical (unpaired) electrons. The zero-order chi connectivity index (χ0) is 10.7. The minimum atomic E-state index is -0.556. The summed E-state index contributed by atoms with van der Waals surface area (Å²) < 4.78 is 0.